The lowest BCUT2D eigenvalue weighted by atomic mass is 10.0. The van der Waals surface area contributed by atoms with Crippen molar-refractivity contribution in [3.05, 3.63) is 82.4 Å². The molecule has 0 saturated carbocycles. The summed E-state index contributed by atoms with van der Waals surface area (Å²) in [5, 5.41) is 5.31. The predicted molar refractivity (Wildman–Crippen MR) is 120 cm³/mol. The number of ether oxygens (including phenoxy) is 1. The van der Waals surface area contributed by atoms with Gasteiger partial charge in [0.2, 0.25) is 0 Å². The number of nitrogens with one attached hydrogen (secondary N) is 1. The Balaban J connectivity index is 1.81. The van der Waals surface area contributed by atoms with Gasteiger partial charge in [-0.25, -0.2) is 0 Å². The van der Waals surface area contributed by atoms with E-state index in [1.807, 2.05) is 42.6 Å². The molecule has 0 bridgehead atoms. The summed E-state index contributed by atoms with van der Waals surface area (Å²) in [6.45, 7) is 1.23. The van der Waals surface area contributed by atoms with Crippen LogP contribution in [0.25, 0.3) is 5.69 Å². The van der Waals surface area contributed by atoms with Gasteiger partial charge >= 0.3 is 0 Å². The maximum absolute atomic E-state index is 6.51. The van der Waals surface area contributed by atoms with Crippen molar-refractivity contribution in [3.8, 4) is 5.69 Å². The maximum Gasteiger partial charge on any atom is 0.170 e. The van der Waals surface area contributed by atoms with E-state index in [0.29, 0.717) is 28.3 Å². The van der Waals surface area contributed by atoms with E-state index in [4.69, 9.17) is 40.2 Å². The third kappa shape index (κ3) is 3.98. The summed E-state index contributed by atoms with van der Waals surface area (Å²) >= 11 is 18.3. The average Bonchev–Trinajstić information content (AvgIpc) is 3.31. The average molecular weight is 447 g/mol. The van der Waals surface area contributed by atoms with Gasteiger partial charge in [0.25, 0.3) is 0 Å². The topological polar surface area (TPSA) is 42.3 Å². The molecule has 2 atom stereocenters. The number of methoxy groups -OCH3 is 1. The largest absolute Gasteiger partial charge is 0.383 e. The van der Waals surface area contributed by atoms with Gasteiger partial charge in [-0.3, -0.25) is 4.98 Å². The van der Waals surface area contributed by atoms with Crippen LogP contribution in [0.5, 0.6) is 0 Å². The Morgan fingerprint density at radius 2 is 2.03 bits per heavy atom. The molecule has 1 saturated heterocycles. The first kappa shape index (κ1) is 20.2. The highest BCUT2D eigenvalue weighted by molar-refractivity contribution is 7.80. The molecule has 3 heterocycles. The van der Waals surface area contributed by atoms with Gasteiger partial charge in [-0.1, -0.05) is 29.3 Å². The Labute approximate surface area is 185 Å². The molecule has 2 aromatic heterocycles. The van der Waals surface area contributed by atoms with E-state index in [1.165, 1.54) is 0 Å². The van der Waals surface area contributed by atoms with Crippen LogP contribution in [0.1, 0.15) is 23.5 Å². The maximum atomic E-state index is 6.51. The number of aromatic nitrogens is 2. The second-order valence-electron chi connectivity index (χ2n) is 6.71. The minimum atomic E-state index is -0.0970. The van der Waals surface area contributed by atoms with Gasteiger partial charge in [0.15, 0.2) is 5.11 Å². The first-order valence-corrected chi connectivity index (χ1v) is 10.4. The Morgan fingerprint density at radius 1 is 1.17 bits per heavy atom. The van der Waals surface area contributed by atoms with Crippen LogP contribution in [-0.2, 0) is 4.74 Å². The third-order valence-corrected chi connectivity index (χ3v) is 5.88. The molecule has 0 unspecified atom stereocenters. The van der Waals surface area contributed by atoms with Gasteiger partial charge in [-0.15, -0.1) is 0 Å². The van der Waals surface area contributed by atoms with Gasteiger partial charge in [0.05, 0.1) is 35.1 Å². The molecule has 8 heteroatoms. The Morgan fingerprint density at radius 3 is 2.76 bits per heavy atom. The van der Waals surface area contributed by atoms with Crippen molar-refractivity contribution in [2.75, 3.05) is 20.3 Å². The van der Waals surface area contributed by atoms with Crippen molar-refractivity contribution >= 4 is 40.5 Å². The van der Waals surface area contributed by atoms with E-state index in [2.05, 4.69) is 25.8 Å². The quantitative estimate of drug-likeness (QED) is 0.550. The molecule has 0 spiro atoms. The molecule has 3 aromatic rings. The van der Waals surface area contributed by atoms with Crippen molar-refractivity contribution in [2.24, 2.45) is 0 Å². The molecule has 1 aliphatic rings. The Bertz CT molecular complexity index is 1010. The van der Waals surface area contributed by atoms with Crippen LogP contribution in [0.3, 0.4) is 0 Å². The summed E-state index contributed by atoms with van der Waals surface area (Å²) in [4.78, 5) is 6.72. The van der Waals surface area contributed by atoms with Crippen molar-refractivity contribution in [1.29, 1.82) is 0 Å². The fourth-order valence-electron chi connectivity index (χ4n) is 3.69. The summed E-state index contributed by atoms with van der Waals surface area (Å²) in [5.41, 5.74) is 2.84. The Hall–Kier alpha value is -2.12. The lowest BCUT2D eigenvalue weighted by molar-refractivity contribution is 0.163. The normalized spacial score (nSPS) is 18.9. The highest BCUT2D eigenvalue weighted by Crippen LogP contribution is 2.40. The summed E-state index contributed by atoms with van der Waals surface area (Å²) < 4.78 is 7.40. The molecule has 1 aliphatic heterocycles. The molecule has 4 rings (SSSR count). The van der Waals surface area contributed by atoms with E-state index in [1.54, 1.807) is 19.4 Å². The lowest BCUT2D eigenvalue weighted by Gasteiger charge is -2.29. The van der Waals surface area contributed by atoms with Crippen molar-refractivity contribution in [1.82, 2.24) is 19.8 Å². The number of halogens is 2. The molecule has 150 valence electrons. The standard InChI is InChI=1S/C21H20Cl2N4OS/c1-28-12-11-27-20(19(25-21(27)29)16-5-2-3-9-24-16)18-6-4-10-26(18)17-8-7-14(22)13-15(17)23/h2-10,13,19-20H,11-12H2,1H3,(H,25,29)/t19-,20-/m0/s1. The van der Waals surface area contributed by atoms with Crippen LogP contribution >= 0.6 is 35.4 Å². The molecule has 5 nitrogen and oxygen atoms in total. The smallest absolute Gasteiger partial charge is 0.170 e. The van der Waals surface area contributed by atoms with E-state index >= 15 is 0 Å². The second-order valence-corrected chi connectivity index (χ2v) is 7.94. The van der Waals surface area contributed by atoms with Gasteiger partial charge in [0.1, 0.15) is 0 Å². The van der Waals surface area contributed by atoms with Crippen LogP contribution in [0, 0.1) is 0 Å². The summed E-state index contributed by atoms with van der Waals surface area (Å²) in [6, 6.07) is 15.3. The van der Waals surface area contributed by atoms with E-state index in [-0.39, 0.29) is 12.1 Å². The van der Waals surface area contributed by atoms with Gasteiger partial charge < -0.3 is 19.5 Å². The fourth-order valence-corrected chi connectivity index (χ4v) is 4.52. The van der Waals surface area contributed by atoms with Crippen LogP contribution in [0.2, 0.25) is 10.0 Å². The highest BCUT2D eigenvalue weighted by atomic mass is 35.5. The molecular weight excluding hydrogens is 427 g/mol. The number of hydrogen-bond donors (Lipinski definition) is 1. The van der Waals surface area contributed by atoms with Crippen LogP contribution in [0.4, 0.5) is 0 Å². The summed E-state index contributed by atoms with van der Waals surface area (Å²) in [7, 11) is 1.69. The van der Waals surface area contributed by atoms with E-state index in [9.17, 15) is 0 Å². The van der Waals surface area contributed by atoms with Gasteiger partial charge in [0, 0.05) is 36.8 Å². The van der Waals surface area contributed by atoms with Crippen LogP contribution in [-0.4, -0.2) is 39.8 Å². The zero-order chi connectivity index (χ0) is 20.4. The molecule has 1 aromatic carbocycles. The van der Waals surface area contributed by atoms with Crippen molar-refractivity contribution < 1.29 is 4.74 Å². The van der Waals surface area contributed by atoms with Crippen LogP contribution < -0.4 is 5.32 Å². The second kappa shape index (κ2) is 8.71. The number of pyridine rings is 1. The minimum absolute atomic E-state index is 0.0747. The SMILES string of the molecule is COCCN1C(=S)N[C@@H](c2ccccn2)[C@@H]1c1cccn1-c1ccc(Cl)cc1Cl. The zero-order valence-corrected chi connectivity index (χ0v) is 18.1. The first-order chi connectivity index (χ1) is 14.1. The van der Waals surface area contributed by atoms with Gasteiger partial charge in [-0.2, -0.15) is 0 Å². The van der Waals surface area contributed by atoms with Crippen molar-refractivity contribution in [2.45, 2.75) is 12.1 Å². The predicted octanol–water partition coefficient (Wildman–Crippen LogP) is 4.80. The first-order valence-electron chi connectivity index (χ1n) is 9.20. The number of thiocarbonyl (C=S) groups is 1. The molecule has 1 fully saturated rings. The fraction of sp³-hybridized carbons (Fsp3) is 0.238. The molecule has 0 amide bonds. The zero-order valence-electron chi connectivity index (χ0n) is 15.8. The molecule has 1 N–H and O–H groups in total. The van der Waals surface area contributed by atoms with E-state index in [0.717, 1.165) is 17.1 Å². The molecule has 29 heavy (non-hydrogen) atoms. The lowest BCUT2D eigenvalue weighted by Crippen LogP contribution is -2.33. The van der Waals surface area contributed by atoms with Crippen molar-refractivity contribution in [3.63, 3.8) is 0 Å². The van der Waals surface area contributed by atoms with E-state index < -0.39 is 0 Å². The Kier molecular flexibility index (Phi) is 6.06. The van der Waals surface area contributed by atoms with Gasteiger partial charge in [-0.05, 0) is 54.7 Å². The third-order valence-electron chi connectivity index (χ3n) is 4.99. The minimum Gasteiger partial charge on any atom is -0.383 e. The molecule has 0 radical (unpaired) electrons. The number of hydrogen-bond acceptors (Lipinski definition) is 3. The molecule has 0 aliphatic carbocycles. The number of benzene rings is 1. The summed E-state index contributed by atoms with van der Waals surface area (Å²) in [5.74, 6) is 0. The molecular formula is C21H20Cl2N4OS. The monoisotopic (exact) mass is 446 g/mol. The number of nitrogens with zero attached hydrogens (tertiary/aromatic N) is 3. The highest BCUT2D eigenvalue weighted by Gasteiger charge is 2.41. The van der Waals surface area contributed by atoms with Crippen LogP contribution in [0.15, 0.2) is 60.9 Å². The number of rotatable bonds is 6. The summed E-state index contributed by atoms with van der Waals surface area (Å²) in [6.07, 6.45) is 3.79.